The first kappa shape index (κ1) is 21.7. The SMILES string of the molecule is CC(=CC[C@@H](C)[C@H]1CC[C@H]2[C@@H]3CC=C4CCCC[C@]4(C)[C@H]3CC[C@]12C)C(C)CO. The third-order valence-electron chi connectivity index (χ3n) is 10.6. The van der Waals surface area contributed by atoms with Crippen LogP contribution in [0.2, 0.25) is 0 Å². The van der Waals surface area contributed by atoms with Crippen LogP contribution in [0.5, 0.6) is 0 Å². The molecule has 1 unspecified atom stereocenters. The molecular weight excluding hydrogens is 352 g/mol. The minimum absolute atomic E-state index is 0.275. The summed E-state index contributed by atoms with van der Waals surface area (Å²) in [6, 6.07) is 0. The molecule has 0 spiro atoms. The quantitative estimate of drug-likeness (QED) is 0.474. The monoisotopic (exact) mass is 398 g/mol. The van der Waals surface area contributed by atoms with E-state index in [4.69, 9.17) is 0 Å². The summed E-state index contributed by atoms with van der Waals surface area (Å²) in [6.45, 7) is 12.5. The summed E-state index contributed by atoms with van der Waals surface area (Å²) in [5.74, 6) is 4.82. The predicted molar refractivity (Wildman–Crippen MR) is 124 cm³/mol. The summed E-state index contributed by atoms with van der Waals surface area (Å²) in [5, 5.41) is 9.45. The normalized spacial score (nSPS) is 44.3. The van der Waals surface area contributed by atoms with Gasteiger partial charge in [-0.15, -0.1) is 0 Å². The summed E-state index contributed by atoms with van der Waals surface area (Å²) in [4.78, 5) is 0. The minimum Gasteiger partial charge on any atom is -0.396 e. The molecule has 4 rings (SSSR count). The third-order valence-corrected chi connectivity index (χ3v) is 10.6. The zero-order chi connectivity index (χ0) is 20.8. The number of aliphatic hydroxyl groups excluding tert-OH is 1. The van der Waals surface area contributed by atoms with Crippen LogP contribution >= 0.6 is 0 Å². The summed E-state index contributed by atoms with van der Waals surface area (Å²) >= 11 is 0. The fourth-order valence-electron chi connectivity index (χ4n) is 8.55. The van der Waals surface area contributed by atoms with Crippen LogP contribution in [-0.4, -0.2) is 11.7 Å². The molecule has 0 aromatic heterocycles. The van der Waals surface area contributed by atoms with Crippen molar-refractivity contribution in [3.63, 3.8) is 0 Å². The van der Waals surface area contributed by atoms with Gasteiger partial charge in [0.15, 0.2) is 0 Å². The van der Waals surface area contributed by atoms with Gasteiger partial charge >= 0.3 is 0 Å². The first-order valence-corrected chi connectivity index (χ1v) is 12.8. The van der Waals surface area contributed by atoms with Crippen molar-refractivity contribution < 1.29 is 5.11 Å². The Hall–Kier alpha value is -0.560. The predicted octanol–water partition coefficient (Wildman–Crippen LogP) is 7.56. The molecule has 3 saturated carbocycles. The third kappa shape index (κ3) is 3.58. The van der Waals surface area contributed by atoms with Crippen molar-refractivity contribution in [2.45, 2.75) is 98.8 Å². The molecule has 0 aromatic carbocycles. The standard InChI is InChI=1S/C28H46O/c1-19(21(3)18-29)9-10-20(2)24-13-14-25-23-12-11-22-8-6-7-16-27(22,4)26(23)15-17-28(24,25)5/h9,11,20-21,23-26,29H,6-8,10,12-18H2,1-5H3/t20-,21?,23+,24-,25+,26+,27+,28-/m1/s1. The first-order chi connectivity index (χ1) is 13.8. The maximum atomic E-state index is 9.45. The molecule has 0 aromatic rings. The van der Waals surface area contributed by atoms with E-state index >= 15 is 0 Å². The fraction of sp³-hybridized carbons (Fsp3) is 0.857. The highest BCUT2D eigenvalue weighted by molar-refractivity contribution is 5.24. The Morgan fingerprint density at radius 2 is 1.93 bits per heavy atom. The lowest BCUT2D eigenvalue weighted by molar-refractivity contribution is -0.0491. The first-order valence-electron chi connectivity index (χ1n) is 12.8. The Morgan fingerprint density at radius 3 is 2.69 bits per heavy atom. The molecule has 1 nitrogen and oxygen atoms in total. The van der Waals surface area contributed by atoms with E-state index in [1.165, 1.54) is 69.8 Å². The highest BCUT2D eigenvalue weighted by Gasteiger charge is 2.58. The molecule has 8 atom stereocenters. The van der Waals surface area contributed by atoms with E-state index in [0.29, 0.717) is 16.7 Å². The summed E-state index contributed by atoms with van der Waals surface area (Å²) in [5.41, 5.74) is 4.31. The van der Waals surface area contributed by atoms with Crippen LogP contribution < -0.4 is 0 Å². The van der Waals surface area contributed by atoms with Crippen molar-refractivity contribution >= 4 is 0 Å². The van der Waals surface area contributed by atoms with E-state index < -0.39 is 0 Å². The summed E-state index contributed by atoms with van der Waals surface area (Å²) in [6.07, 6.45) is 19.3. The maximum Gasteiger partial charge on any atom is 0.0493 e. The van der Waals surface area contributed by atoms with Crippen LogP contribution in [0.25, 0.3) is 0 Å². The van der Waals surface area contributed by atoms with Crippen molar-refractivity contribution in [1.82, 2.24) is 0 Å². The van der Waals surface area contributed by atoms with E-state index in [2.05, 4.69) is 46.8 Å². The Labute approximate surface area is 180 Å². The van der Waals surface area contributed by atoms with E-state index in [1.54, 1.807) is 0 Å². The molecule has 0 radical (unpaired) electrons. The molecular formula is C28H46O. The van der Waals surface area contributed by atoms with Crippen LogP contribution in [0, 0.1) is 46.3 Å². The average molecular weight is 399 g/mol. The second kappa shape index (κ2) is 8.18. The molecule has 164 valence electrons. The van der Waals surface area contributed by atoms with Gasteiger partial charge in [-0.2, -0.15) is 0 Å². The molecule has 1 heteroatoms. The van der Waals surface area contributed by atoms with Crippen molar-refractivity contribution in [1.29, 1.82) is 0 Å². The maximum absolute atomic E-state index is 9.45. The molecule has 0 bridgehead atoms. The van der Waals surface area contributed by atoms with E-state index in [1.807, 2.05) is 5.57 Å². The molecule has 4 aliphatic rings. The lowest BCUT2D eigenvalue weighted by Gasteiger charge is -2.58. The number of fused-ring (bicyclic) bond motifs is 5. The second-order valence-corrected chi connectivity index (χ2v) is 11.9. The number of aliphatic hydroxyl groups is 1. The van der Waals surface area contributed by atoms with Gasteiger partial charge < -0.3 is 5.11 Å². The van der Waals surface area contributed by atoms with Crippen LogP contribution in [0.3, 0.4) is 0 Å². The smallest absolute Gasteiger partial charge is 0.0493 e. The van der Waals surface area contributed by atoms with Crippen LogP contribution in [0.15, 0.2) is 23.3 Å². The summed E-state index contributed by atoms with van der Waals surface area (Å²) in [7, 11) is 0. The lowest BCUT2D eigenvalue weighted by atomic mass is 9.47. The van der Waals surface area contributed by atoms with Gasteiger partial charge in [0, 0.05) is 6.61 Å². The molecule has 0 amide bonds. The highest BCUT2D eigenvalue weighted by Crippen LogP contribution is 2.67. The Morgan fingerprint density at radius 1 is 1.14 bits per heavy atom. The molecule has 29 heavy (non-hydrogen) atoms. The van der Waals surface area contributed by atoms with Crippen LogP contribution in [-0.2, 0) is 0 Å². The van der Waals surface area contributed by atoms with Gasteiger partial charge in [-0.3, -0.25) is 0 Å². The van der Waals surface area contributed by atoms with Gasteiger partial charge in [0.25, 0.3) is 0 Å². The number of allylic oxidation sites excluding steroid dienone is 3. The number of rotatable bonds is 5. The van der Waals surface area contributed by atoms with Crippen LogP contribution in [0.1, 0.15) is 98.8 Å². The second-order valence-electron chi connectivity index (χ2n) is 11.9. The van der Waals surface area contributed by atoms with Crippen LogP contribution in [0.4, 0.5) is 0 Å². The Balaban J connectivity index is 1.50. The van der Waals surface area contributed by atoms with Gasteiger partial charge in [-0.1, -0.05) is 57.4 Å². The van der Waals surface area contributed by atoms with Crippen molar-refractivity contribution in [3.8, 4) is 0 Å². The van der Waals surface area contributed by atoms with Crippen molar-refractivity contribution in [2.75, 3.05) is 6.61 Å². The minimum atomic E-state index is 0.275. The zero-order valence-electron chi connectivity index (χ0n) is 19.8. The van der Waals surface area contributed by atoms with E-state index in [0.717, 1.165) is 29.6 Å². The van der Waals surface area contributed by atoms with Gasteiger partial charge in [0.1, 0.15) is 0 Å². The number of hydrogen-bond acceptors (Lipinski definition) is 1. The van der Waals surface area contributed by atoms with E-state index in [9.17, 15) is 5.11 Å². The van der Waals surface area contributed by atoms with Gasteiger partial charge in [-0.05, 0) is 111 Å². The molecule has 4 aliphatic carbocycles. The largest absolute Gasteiger partial charge is 0.396 e. The van der Waals surface area contributed by atoms with Gasteiger partial charge in [0.2, 0.25) is 0 Å². The highest BCUT2D eigenvalue weighted by atomic mass is 16.3. The lowest BCUT2D eigenvalue weighted by Crippen LogP contribution is -2.50. The molecule has 1 N–H and O–H groups in total. The molecule has 0 saturated heterocycles. The summed E-state index contributed by atoms with van der Waals surface area (Å²) < 4.78 is 0. The fourth-order valence-corrected chi connectivity index (χ4v) is 8.55. The molecule has 0 heterocycles. The average Bonchev–Trinajstić information content (AvgIpc) is 3.08. The zero-order valence-corrected chi connectivity index (χ0v) is 19.8. The Kier molecular flexibility index (Phi) is 6.11. The molecule has 3 fully saturated rings. The number of hydrogen-bond donors (Lipinski definition) is 1. The van der Waals surface area contributed by atoms with Gasteiger partial charge in [-0.25, -0.2) is 0 Å². The Bertz CT molecular complexity index is 659. The van der Waals surface area contributed by atoms with Crippen molar-refractivity contribution in [2.24, 2.45) is 46.3 Å². The molecule has 0 aliphatic heterocycles. The van der Waals surface area contributed by atoms with Crippen molar-refractivity contribution in [3.05, 3.63) is 23.3 Å². The van der Waals surface area contributed by atoms with E-state index in [-0.39, 0.29) is 6.61 Å². The van der Waals surface area contributed by atoms with Gasteiger partial charge in [0.05, 0.1) is 0 Å². The topological polar surface area (TPSA) is 20.2 Å².